The SMILES string of the molecule is NC(=O)C1[C@@H]2CN(C(=O)c3ccccc3C(F)(F)F)CC2CN1CC[CH]c1ccccc1. The molecule has 0 aromatic heterocycles. The lowest BCUT2D eigenvalue weighted by molar-refractivity contribution is -0.138. The van der Waals surface area contributed by atoms with Gasteiger partial charge in [-0.15, -0.1) is 0 Å². The van der Waals surface area contributed by atoms with Gasteiger partial charge in [0.05, 0.1) is 17.2 Å². The van der Waals surface area contributed by atoms with E-state index in [1.54, 1.807) is 0 Å². The van der Waals surface area contributed by atoms with Crippen LogP contribution in [-0.4, -0.2) is 53.8 Å². The lowest BCUT2D eigenvalue weighted by Crippen LogP contribution is -2.46. The fourth-order valence-corrected chi connectivity index (χ4v) is 4.99. The Morgan fingerprint density at radius 3 is 2.38 bits per heavy atom. The van der Waals surface area contributed by atoms with E-state index in [4.69, 9.17) is 5.73 Å². The van der Waals surface area contributed by atoms with Crippen molar-refractivity contribution in [3.63, 3.8) is 0 Å². The number of hydrogen-bond donors (Lipinski definition) is 1. The van der Waals surface area contributed by atoms with E-state index in [9.17, 15) is 22.8 Å². The summed E-state index contributed by atoms with van der Waals surface area (Å²) >= 11 is 0. The third kappa shape index (κ3) is 4.50. The van der Waals surface area contributed by atoms with E-state index in [1.165, 1.54) is 23.1 Å². The first-order valence-electron chi connectivity index (χ1n) is 10.6. The molecule has 169 valence electrons. The van der Waals surface area contributed by atoms with Gasteiger partial charge < -0.3 is 10.6 Å². The number of nitrogens with zero attached hydrogens (tertiary/aromatic N) is 2. The van der Waals surface area contributed by atoms with Gasteiger partial charge in [-0.2, -0.15) is 13.2 Å². The normalized spacial score (nSPS) is 23.3. The molecule has 2 amide bonds. The summed E-state index contributed by atoms with van der Waals surface area (Å²) < 4.78 is 40.0. The summed E-state index contributed by atoms with van der Waals surface area (Å²) in [4.78, 5) is 28.6. The van der Waals surface area contributed by atoms with Gasteiger partial charge in [0.15, 0.2) is 0 Å². The molecular formula is C24H25F3N3O2. The number of carbonyl (C=O) groups excluding carboxylic acids is 2. The van der Waals surface area contributed by atoms with Crippen LogP contribution >= 0.6 is 0 Å². The molecule has 2 fully saturated rings. The van der Waals surface area contributed by atoms with E-state index in [0.29, 0.717) is 19.6 Å². The maximum atomic E-state index is 13.3. The van der Waals surface area contributed by atoms with Crippen molar-refractivity contribution in [2.24, 2.45) is 17.6 Å². The number of hydrogen-bond acceptors (Lipinski definition) is 3. The minimum Gasteiger partial charge on any atom is -0.368 e. The molecule has 5 nitrogen and oxygen atoms in total. The highest BCUT2D eigenvalue weighted by molar-refractivity contribution is 5.96. The Hall–Kier alpha value is -2.87. The molecule has 2 N–H and O–H groups in total. The van der Waals surface area contributed by atoms with E-state index in [-0.39, 0.29) is 23.9 Å². The predicted octanol–water partition coefficient (Wildman–Crippen LogP) is 3.21. The zero-order chi connectivity index (χ0) is 22.9. The summed E-state index contributed by atoms with van der Waals surface area (Å²) in [7, 11) is 0. The van der Waals surface area contributed by atoms with Crippen molar-refractivity contribution in [3.05, 3.63) is 77.7 Å². The van der Waals surface area contributed by atoms with Gasteiger partial charge in [-0.25, -0.2) is 0 Å². The van der Waals surface area contributed by atoms with Crippen LogP contribution < -0.4 is 5.73 Å². The number of alkyl halides is 3. The van der Waals surface area contributed by atoms with Crippen molar-refractivity contribution in [1.29, 1.82) is 0 Å². The number of fused-ring (bicyclic) bond motifs is 1. The average molecular weight is 444 g/mol. The first-order chi connectivity index (χ1) is 15.3. The maximum Gasteiger partial charge on any atom is 0.417 e. The first kappa shape index (κ1) is 22.3. The van der Waals surface area contributed by atoms with Gasteiger partial charge in [-0.05, 0) is 43.0 Å². The fraction of sp³-hybridized carbons (Fsp3) is 0.375. The molecule has 0 aliphatic carbocycles. The Balaban J connectivity index is 1.42. The van der Waals surface area contributed by atoms with Gasteiger partial charge in [0.1, 0.15) is 0 Å². The van der Waals surface area contributed by atoms with Crippen LogP contribution in [0.4, 0.5) is 13.2 Å². The zero-order valence-corrected chi connectivity index (χ0v) is 17.5. The molecule has 2 aromatic carbocycles. The van der Waals surface area contributed by atoms with E-state index in [1.807, 2.05) is 35.2 Å². The summed E-state index contributed by atoms with van der Waals surface area (Å²) in [6.07, 6.45) is -1.77. The van der Waals surface area contributed by atoms with Crippen LogP contribution in [0.5, 0.6) is 0 Å². The smallest absolute Gasteiger partial charge is 0.368 e. The molecule has 0 bridgehead atoms. The number of benzene rings is 2. The molecule has 2 saturated heterocycles. The summed E-state index contributed by atoms with van der Waals surface area (Å²) in [5, 5.41) is 0. The van der Waals surface area contributed by atoms with Crippen molar-refractivity contribution in [1.82, 2.24) is 9.80 Å². The molecule has 2 aromatic rings. The summed E-state index contributed by atoms with van der Waals surface area (Å²) in [5.41, 5.74) is 5.50. The Labute approximate surface area is 185 Å². The number of primary amides is 1. The highest BCUT2D eigenvalue weighted by atomic mass is 19.4. The van der Waals surface area contributed by atoms with Gasteiger partial charge in [-0.3, -0.25) is 14.5 Å². The second-order valence-corrected chi connectivity index (χ2v) is 8.42. The molecule has 8 heteroatoms. The minimum absolute atomic E-state index is 0.00576. The number of halogens is 3. The van der Waals surface area contributed by atoms with E-state index in [2.05, 4.69) is 6.42 Å². The zero-order valence-electron chi connectivity index (χ0n) is 17.5. The van der Waals surface area contributed by atoms with Crippen molar-refractivity contribution in [2.75, 3.05) is 26.2 Å². The number of amides is 2. The molecule has 4 rings (SSSR count). The molecule has 1 radical (unpaired) electrons. The van der Waals surface area contributed by atoms with Crippen LogP contribution in [0.15, 0.2) is 54.6 Å². The Morgan fingerprint density at radius 1 is 1.00 bits per heavy atom. The number of carbonyl (C=O) groups is 2. The average Bonchev–Trinajstić information content (AvgIpc) is 3.31. The summed E-state index contributed by atoms with van der Waals surface area (Å²) in [6, 6.07) is 14.2. The van der Waals surface area contributed by atoms with Crippen LogP contribution in [0.3, 0.4) is 0 Å². The van der Waals surface area contributed by atoms with Crippen molar-refractivity contribution >= 4 is 11.8 Å². The maximum absolute atomic E-state index is 13.3. The number of nitrogens with two attached hydrogens (primary N) is 1. The molecular weight excluding hydrogens is 419 g/mol. The minimum atomic E-state index is -4.61. The molecule has 2 unspecified atom stereocenters. The molecule has 32 heavy (non-hydrogen) atoms. The second-order valence-electron chi connectivity index (χ2n) is 8.42. The fourth-order valence-electron chi connectivity index (χ4n) is 4.99. The van der Waals surface area contributed by atoms with Crippen LogP contribution in [0.2, 0.25) is 0 Å². The number of likely N-dealkylation sites (tertiary alicyclic amines) is 2. The van der Waals surface area contributed by atoms with Gasteiger partial charge in [0.25, 0.3) is 5.91 Å². The van der Waals surface area contributed by atoms with Gasteiger partial charge in [0.2, 0.25) is 5.91 Å². The van der Waals surface area contributed by atoms with Gasteiger partial charge in [0, 0.05) is 25.6 Å². The van der Waals surface area contributed by atoms with Gasteiger partial charge in [-0.1, -0.05) is 42.5 Å². The van der Waals surface area contributed by atoms with Crippen LogP contribution in [-0.2, 0) is 11.0 Å². The van der Waals surface area contributed by atoms with Crippen LogP contribution in [0.1, 0.15) is 27.9 Å². The molecule has 2 aliphatic rings. The quantitative estimate of drug-likeness (QED) is 0.744. The third-order valence-corrected chi connectivity index (χ3v) is 6.40. The predicted molar refractivity (Wildman–Crippen MR) is 113 cm³/mol. The van der Waals surface area contributed by atoms with Crippen molar-refractivity contribution in [3.8, 4) is 0 Å². The lowest BCUT2D eigenvalue weighted by Gasteiger charge is -2.27. The summed E-state index contributed by atoms with van der Waals surface area (Å²) in [5.74, 6) is -1.28. The Bertz CT molecular complexity index is 980. The molecule has 3 atom stereocenters. The standard InChI is InChI=1S/C24H25F3N3O2/c25-24(26,27)20-11-5-4-10-18(20)23(32)30-14-17-13-29(21(22(28)31)19(17)15-30)12-6-9-16-7-2-1-3-8-16/h1-5,7-11,17,19,21H,6,12-15H2,(H2,28,31)/t17?,19-,21?/m1/s1. The molecule has 0 saturated carbocycles. The van der Waals surface area contributed by atoms with E-state index >= 15 is 0 Å². The molecule has 2 aliphatic heterocycles. The van der Waals surface area contributed by atoms with Crippen molar-refractivity contribution in [2.45, 2.75) is 18.6 Å². The third-order valence-electron chi connectivity index (χ3n) is 6.40. The lowest BCUT2D eigenvalue weighted by atomic mass is 9.94. The topological polar surface area (TPSA) is 66.6 Å². The number of rotatable bonds is 6. The van der Waals surface area contributed by atoms with Crippen LogP contribution in [0.25, 0.3) is 0 Å². The van der Waals surface area contributed by atoms with Gasteiger partial charge >= 0.3 is 6.18 Å². The van der Waals surface area contributed by atoms with Crippen molar-refractivity contribution < 1.29 is 22.8 Å². The largest absolute Gasteiger partial charge is 0.417 e. The highest BCUT2D eigenvalue weighted by Gasteiger charge is 2.50. The Kier molecular flexibility index (Phi) is 6.24. The summed E-state index contributed by atoms with van der Waals surface area (Å²) in [6.45, 7) is 1.78. The second kappa shape index (κ2) is 8.94. The highest BCUT2D eigenvalue weighted by Crippen LogP contribution is 2.38. The first-order valence-corrected chi connectivity index (χ1v) is 10.6. The van der Waals surface area contributed by atoms with E-state index < -0.39 is 29.6 Å². The monoisotopic (exact) mass is 444 g/mol. The molecule has 0 spiro atoms. The molecule has 2 heterocycles. The van der Waals surface area contributed by atoms with Crippen LogP contribution in [0, 0.1) is 18.3 Å². The van der Waals surface area contributed by atoms with E-state index in [0.717, 1.165) is 18.1 Å². The Morgan fingerprint density at radius 2 is 1.69 bits per heavy atom.